The van der Waals surface area contributed by atoms with Crippen LogP contribution in [0.15, 0.2) is 23.8 Å². The predicted molar refractivity (Wildman–Crippen MR) is 91.3 cm³/mol. The van der Waals surface area contributed by atoms with Crippen molar-refractivity contribution in [3.05, 3.63) is 34.3 Å². The highest BCUT2D eigenvalue weighted by Crippen LogP contribution is 2.31. The molecule has 0 amide bonds. The molecule has 0 aliphatic rings. The maximum absolute atomic E-state index is 4.57. The van der Waals surface area contributed by atoms with E-state index in [1.165, 1.54) is 10.4 Å². The lowest BCUT2D eigenvalue weighted by atomic mass is 10.0. The first kappa shape index (κ1) is 15.8. The standard InChI is InChI=1S/C16H24N4S/c1-5-17-15-14(12(3)4)16(19-11-18-15)20(6-2)10-13-8-7-9-21-13/h7-9,11-12H,5-6,10H2,1-4H3,(H,17,18,19). The van der Waals surface area contributed by atoms with E-state index in [0.717, 1.165) is 31.3 Å². The molecule has 0 radical (unpaired) electrons. The van der Waals surface area contributed by atoms with Gasteiger partial charge in [0.1, 0.15) is 18.0 Å². The van der Waals surface area contributed by atoms with E-state index in [2.05, 4.69) is 65.4 Å². The van der Waals surface area contributed by atoms with Crippen LogP contribution >= 0.6 is 11.3 Å². The van der Waals surface area contributed by atoms with Gasteiger partial charge >= 0.3 is 0 Å². The average molecular weight is 304 g/mol. The summed E-state index contributed by atoms with van der Waals surface area (Å²) in [7, 11) is 0. The molecule has 4 nitrogen and oxygen atoms in total. The lowest BCUT2D eigenvalue weighted by Crippen LogP contribution is -2.25. The lowest BCUT2D eigenvalue weighted by molar-refractivity contribution is 0.776. The van der Waals surface area contributed by atoms with E-state index in [4.69, 9.17) is 0 Å². The van der Waals surface area contributed by atoms with Crippen LogP contribution in [0.4, 0.5) is 11.6 Å². The summed E-state index contributed by atoms with van der Waals surface area (Å²) in [5.41, 5.74) is 1.21. The van der Waals surface area contributed by atoms with Gasteiger partial charge in [-0.15, -0.1) is 11.3 Å². The fourth-order valence-electron chi connectivity index (χ4n) is 2.41. The van der Waals surface area contributed by atoms with Crippen molar-refractivity contribution in [3.8, 4) is 0 Å². The van der Waals surface area contributed by atoms with Gasteiger partial charge in [-0.3, -0.25) is 0 Å². The molecule has 0 spiro atoms. The number of hydrogen-bond acceptors (Lipinski definition) is 5. The molecule has 1 N–H and O–H groups in total. The smallest absolute Gasteiger partial charge is 0.137 e. The van der Waals surface area contributed by atoms with Crippen LogP contribution in [0.5, 0.6) is 0 Å². The third-order valence-corrected chi connectivity index (χ3v) is 4.25. The Morgan fingerprint density at radius 3 is 2.67 bits per heavy atom. The van der Waals surface area contributed by atoms with Crippen molar-refractivity contribution >= 4 is 23.0 Å². The zero-order chi connectivity index (χ0) is 15.2. The molecule has 114 valence electrons. The van der Waals surface area contributed by atoms with Gasteiger partial charge in [0.25, 0.3) is 0 Å². The van der Waals surface area contributed by atoms with Gasteiger partial charge in [0.05, 0.1) is 6.54 Å². The molecule has 0 unspecified atom stereocenters. The first-order valence-corrected chi connectivity index (χ1v) is 8.41. The molecule has 5 heteroatoms. The van der Waals surface area contributed by atoms with Crippen molar-refractivity contribution in [1.29, 1.82) is 0 Å². The number of rotatable bonds is 7. The number of nitrogens with zero attached hydrogens (tertiary/aromatic N) is 3. The summed E-state index contributed by atoms with van der Waals surface area (Å²) in [6, 6.07) is 4.27. The summed E-state index contributed by atoms with van der Waals surface area (Å²) in [4.78, 5) is 12.7. The number of hydrogen-bond donors (Lipinski definition) is 1. The maximum Gasteiger partial charge on any atom is 0.137 e. The minimum absolute atomic E-state index is 0.382. The molecule has 2 rings (SSSR count). The van der Waals surface area contributed by atoms with Crippen molar-refractivity contribution in [2.24, 2.45) is 0 Å². The highest BCUT2D eigenvalue weighted by molar-refractivity contribution is 7.09. The summed E-state index contributed by atoms with van der Waals surface area (Å²) in [6.45, 7) is 11.4. The quantitative estimate of drug-likeness (QED) is 0.835. The molecule has 0 atom stereocenters. The van der Waals surface area contributed by atoms with E-state index in [1.54, 1.807) is 17.7 Å². The Morgan fingerprint density at radius 1 is 1.29 bits per heavy atom. The van der Waals surface area contributed by atoms with Gasteiger partial charge in [0.15, 0.2) is 0 Å². The largest absolute Gasteiger partial charge is 0.370 e. The third-order valence-electron chi connectivity index (χ3n) is 3.39. The second-order valence-corrected chi connectivity index (χ2v) is 6.27. The molecule has 0 bridgehead atoms. The Bertz CT molecular complexity index is 551. The van der Waals surface area contributed by atoms with Gasteiger partial charge < -0.3 is 10.2 Å². The summed E-state index contributed by atoms with van der Waals surface area (Å²) in [5, 5.41) is 5.48. The number of nitrogens with one attached hydrogen (secondary N) is 1. The molecule has 21 heavy (non-hydrogen) atoms. The molecular formula is C16H24N4S. The van der Waals surface area contributed by atoms with E-state index < -0.39 is 0 Å². The van der Waals surface area contributed by atoms with Crippen molar-refractivity contribution in [1.82, 2.24) is 9.97 Å². The third kappa shape index (κ3) is 3.73. The molecule has 0 aliphatic heterocycles. The van der Waals surface area contributed by atoms with E-state index in [0.29, 0.717) is 5.92 Å². The van der Waals surface area contributed by atoms with Crippen LogP contribution in [0.2, 0.25) is 0 Å². The monoisotopic (exact) mass is 304 g/mol. The Labute approximate surface area is 131 Å². The topological polar surface area (TPSA) is 41.1 Å². The van der Waals surface area contributed by atoms with Crippen molar-refractivity contribution in [2.75, 3.05) is 23.3 Å². The van der Waals surface area contributed by atoms with Crippen LogP contribution in [0, 0.1) is 0 Å². The fourth-order valence-corrected chi connectivity index (χ4v) is 3.12. The molecule has 0 aromatic carbocycles. The lowest BCUT2D eigenvalue weighted by Gasteiger charge is -2.26. The second kappa shape index (κ2) is 7.41. The SMILES string of the molecule is CCNc1ncnc(N(CC)Cc2cccs2)c1C(C)C. The first-order valence-electron chi connectivity index (χ1n) is 7.53. The second-order valence-electron chi connectivity index (χ2n) is 5.24. The van der Waals surface area contributed by atoms with Crippen molar-refractivity contribution in [3.63, 3.8) is 0 Å². The van der Waals surface area contributed by atoms with Gasteiger partial charge in [0.2, 0.25) is 0 Å². The van der Waals surface area contributed by atoms with Crippen molar-refractivity contribution in [2.45, 2.75) is 40.2 Å². The molecule has 0 fully saturated rings. The Kier molecular flexibility index (Phi) is 5.56. The van der Waals surface area contributed by atoms with E-state index in [-0.39, 0.29) is 0 Å². The van der Waals surface area contributed by atoms with E-state index in [9.17, 15) is 0 Å². The van der Waals surface area contributed by atoms with Crippen LogP contribution in [0.1, 0.15) is 44.1 Å². The highest BCUT2D eigenvalue weighted by Gasteiger charge is 2.19. The molecule has 2 aromatic rings. The van der Waals surface area contributed by atoms with Crippen LogP contribution in [0.25, 0.3) is 0 Å². The summed E-state index contributed by atoms with van der Waals surface area (Å²) < 4.78 is 0. The van der Waals surface area contributed by atoms with E-state index in [1.807, 2.05) is 0 Å². The van der Waals surface area contributed by atoms with Crippen molar-refractivity contribution < 1.29 is 0 Å². The summed E-state index contributed by atoms with van der Waals surface area (Å²) >= 11 is 1.79. The molecule has 0 saturated heterocycles. The number of aromatic nitrogens is 2. The van der Waals surface area contributed by atoms with Gasteiger partial charge in [-0.1, -0.05) is 19.9 Å². The molecule has 0 aliphatic carbocycles. The minimum atomic E-state index is 0.382. The Balaban J connectivity index is 2.37. The molecule has 2 aromatic heterocycles. The van der Waals surface area contributed by atoms with Crippen LogP contribution < -0.4 is 10.2 Å². The van der Waals surface area contributed by atoms with E-state index >= 15 is 0 Å². The van der Waals surface area contributed by atoms with Gasteiger partial charge in [-0.2, -0.15) is 0 Å². The van der Waals surface area contributed by atoms with Crippen LogP contribution in [0.3, 0.4) is 0 Å². The summed E-state index contributed by atoms with van der Waals surface area (Å²) in [5.74, 6) is 2.39. The average Bonchev–Trinajstić information content (AvgIpc) is 2.97. The van der Waals surface area contributed by atoms with Gasteiger partial charge in [-0.05, 0) is 31.2 Å². The molecular weight excluding hydrogens is 280 g/mol. The molecule has 2 heterocycles. The number of thiophene rings is 1. The summed E-state index contributed by atoms with van der Waals surface area (Å²) in [6.07, 6.45) is 1.66. The van der Waals surface area contributed by atoms with Gasteiger partial charge in [0, 0.05) is 23.5 Å². The molecule has 0 saturated carbocycles. The Hall–Kier alpha value is -1.62. The minimum Gasteiger partial charge on any atom is -0.370 e. The Morgan fingerprint density at radius 2 is 2.10 bits per heavy atom. The zero-order valence-corrected chi connectivity index (χ0v) is 14.1. The zero-order valence-electron chi connectivity index (χ0n) is 13.3. The predicted octanol–water partition coefficient (Wildman–Crippen LogP) is 4.12. The highest BCUT2D eigenvalue weighted by atomic mass is 32.1. The maximum atomic E-state index is 4.57. The van der Waals surface area contributed by atoms with Crippen LogP contribution in [-0.4, -0.2) is 23.1 Å². The van der Waals surface area contributed by atoms with Crippen LogP contribution in [-0.2, 0) is 6.54 Å². The van der Waals surface area contributed by atoms with Gasteiger partial charge in [-0.25, -0.2) is 9.97 Å². The fraction of sp³-hybridized carbons (Fsp3) is 0.500. The normalized spacial score (nSPS) is 10.9. The number of anilines is 2. The first-order chi connectivity index (χ1) is 10.2.